The molecule has 1 aromatic carbocycles. The minimum absolute atomic E-state index is 0.553. The van der Waals surface area contributed by atoms with Gasteiger partial charge in [-0.1, -0.05) is 13.0 Å². The van der Waals surface area contributed by atoms with Crippen molar-refractivity contribution in [1.29, 1.82) is 0 Å². The largest absolute Gasteiger partial charge is 0.497 e. The molecule has 1 N–H and O–H groups in total. The van der Waals surface area contributed by atoms with Crippen LogP contribution in [0.1, 0.15) is 13.8 Å². The molecule has 24 heavy (non-hydrogen) atoms. The van der Waals surface area contributed by atoms with E-state index in [1.807, 2.05) is 17.8 Å². The van der Waals surface area contributed by atoms with Crippen molar-refractivity contribution in [1.82, 2.24) is 10.2 Å². The fraction of sp³-hybridized carbons (Fsp3) is 0.611. The molecule has 1 aliphatic rings. The zero-order valence-corrected chi connectivity index (χ0v) is 16.1. The number of guanidine groups is 1. The van der Waals surface area contributed by atoms with Gasteiger partial charge in [0.15, 0.2) is 5.96 Å². The number of nitrogens with zero attached hydrogens (tertiary/aromatic N) is 3. The van der Waals surface area contributed by atoms with Crippen molar-refractivity contribution in [3.8, 4) is 5.75 Å². The summed E-state index contributed by atoms with van der Waals surface area (Å²) in [4.78, 5) is 9.58. The number of ether oxygens (including phenoxy) is 1. The lowest BCUT2D eigenvalue weighted by Gasteiger charge is -2.37. The summed E-state index contributed by atoms with van der Waals surface area (Å²) in [5.74, 6) is 1.96. The number of thioether (sulfide) groups is 1. The van der Waals surface area contributed by atoms with Crippen LogP contribution in [0.15, 0.2) is 29.3 Å². The average molecular weight is 351 g/mol. The first kappa shape index (κ1) is 18.8. The SMILES string of the molecule is CCNC(=NCC(C)SC)N1CCN(c2cccc(OC)c2)CC1. The summed E-state index contributed by atoms with van der Waals surface area (Å²) >= 11 is 1.86. The van der Waals surface area contributed by atoms with Crippen molar-refractivity contribution in [2.75, 3.05) is 57.5 Å². The molecule has 1 aliphatic heterocycles. The van der Waals surface area contributed by atoms with Gasteiger partial charge in [0.25, 0.3) is 0 Å². The van der Waals surface area contributed by atoms with Crippen molar-refractivity contribution < 1.29 is 4.74 Å². The third-order valence-corrected chi connectivity index (χ3v) is 5.19. The highest BCUT2D eigenvalue weighted by Crippen LogP contribution is 2.22. The number of piperazine rings is 1. The van der Waals surface area contributed by atoms with Gasteiger partial charge in [-0.3, -0.25) is 4.99 Å². The number of anilines is 1. The maximum absolute atomic E-state index is 5.33. The van der Waals surface area contributed by atoms with E-state index in [1.165, 1.54) is 5.69 Å². The van der Waals surface area contributed by atoms with Crippen molar-refractivity contribution in [3.63, 3.8) is 0 Å². The first-order chi connectivity index (χ1) is 11.7. The van der Waals surface area contributed by atoms with E-state index >= 15 is 0 Å². The summed E-state index contributed by atoms with van der Waals surface area (Å²) in [6.45, 7) is 10.1. The Balaban J connectivity index is 1.96. The second kappa shape index (κ2) is 9.67. The number of aliphatic imine (C=N–C) groups is 1. The maximum Gasteiger partial charge on any atom is 0.194 e. The molecule has 0 radical (unpaired) electrons. The Bertz CT molecular complexity index is 530. The highest BCUT2D eigenvalue weighted by atomic mass is 32.2. The molecule has 0 bridgehead atoms. The van der Waals surface area contributed by atoms with Crippen LogP contribution in [0, 0.1) is 0 Å². The monoisotopic (exact) mass is 350 g/mol. The summed E-state index contributed by atoms with van der Waals surface area (Å²) in [5, 5.41) is 3.99. The molecule has 134 valence electrons. The molecule has 0 aliphatic carbocycles. The molecule has 2 rings (SSSR count). The van der Waals surface area contributed by atoms with Crippen LogP contribution in [0.25, 0.3) is 0 Å². The smallest absolute Gasteiger partial charge is 0.194 e. The quantitative estimate of drug-likeness (QED) is 0.631. The van der Waals surface area contributed by atoms with Crippen LogP contribution >= 0.6 is 11.8 Å². The number of methoxy groups -OCH3 is 1. The van der Waals surface area contributed by atoms with Crippen LogP contribution in [-0.2, 0) is 0 Å². The predicted octanol–water partition coefficient (Wildman–Crippen LogP) is 2.53. The average Bonchev–Trinajstić information content (AvgIpc) is 2.65. The molecule has 1 saturated heterocycles. The molecule has 6 heteroatoms. The van der Waals surface area contributed by atoms with Crippen molar-refractivity contribution in [3.05, 3.63) is 24.3 Å². The van der Waals surface area contributed by atoms with E-state index in [0.717, 1.165) is 51.0 Å². The van der Waals surface area contributed by atoms with Crippen molar-refractivity contribution in [2.24, 2.45) is 4.99 Å². The zero-order chi connectivity index (χ0) is 17.4. The van der Waals surface area contributed by atoms with E-state index < -0.39 is 0 Å². The Labute approximate surface area is 150 Å². The molecule has 1 unspecified atom stereocenters. The Morgan fingerprint density at radius 2 is 2.08 bits per heavy atom. The minimum atomic E-state index is 0.553. The van der Waals surface area contributed by atoms with Crippen molar-refractivity contribution >= 4 is 23.4 Å². The number of rotatable bonds is 6. The fourth-order valence-corrected chi connectivity index (χ4v) is 2.92. The van der Waals surface area contributed by atoms with E-state index in [9.17, 15) is 0 Å². The van der Waals surface area contributed by atoms with Gasteiger partial charge in [-0.15, -0.1) is 0 Å². The van der Waals surface area contributed by atoms with Gasteiger partial charge in [-0.2, -0.15) is 11.8 Å². The summed E-state index contributed by atoms with van der Waals surface area (Å²) in [5.41, 5.74) is 1.23. The third kappa shape index (κ3) is 5.23. The molecule has 0 amide bonds. The van der Waals surface area contributed by atoms with Gasteiger partial charge >= 0.3 is 0 Å². The van der Waals surface area contributed by atoms with Gasteiger partial charge < -0.3 is 19.9 Å². The van der Waals surface area contributed by atoms with Crippen LogP contribution < -0.4 is 15.0 Å². The van der Waals surface area contributed by atoms with Gasteiger partial charge in [0.05, 0.1) is 13.7 Å². The summed E-state index contributed by atoms with van der Waals surface area (Å²) in [6, 6.07) is 8.30. The first-order valence-corrected chi connectivity index (χ1v) is 9.91. The Morgan fingerprint density at radius 1 is 1.33 bits per heavy atom. The summed E-state index contributed by atoms with van der Waals surface area (Å²) in [7, 11) is 1.71. The standard InChI is InChI=1S/C18H30N4OS/c1-5-19-18(20-14-15(2)24-4)22-11-9-21(10-12-22)16-7-6-8-17(13-16)23-3/h6-8,13,15H,5,9-12,14H2,1-4H3,(H,19,20). The fourth-order valence-electron chi connectivity index (χ4n) is 2.70. The van der Waals surface area contributed by atoms with Gasteiger partial charge in [-0.25, -0.2) is 0 Å². The second-order valence-corrected chi connectivity index (χ2v) is 7.19. The molecule has 0 spiro atoms. The zero-order valence-electron chi connectivity index (χ0n) is 15.3. The molecule has 5 nitrogen and oxygen atoms in total. The van der Waals surface area contributed by atoms with Crippen molar-refractivity contribution in [2.45, 2.75) is 19.1 Å². The van der Waals surface area contributed by atoms with Gasteiger partial charge in [-0.05, 0) is 25.3 Å². The molecule has 1 aromatic rings. The molecule has 1 fully saturated rings. The van der Waals surface area contributed by atoms with Crippen LogP contribution in [0.3, 0.4) is 0 Å². The summed E-state index contributed by atoms with van der Waals surface area (Å²) in [6.07, 6.45) is 2.14. The maximum atomic E-state index is 5.33. The Morgan fingerprint density at radius 3 is 2.71 bits per heavy atom. The second-order valence-electron chi connectivity index (χ2n) is 5.92. The number of hydrogen-bond donors (Lipinski definition) is 1. The predicted molar refractivity (Wildman–Crippen MR) is 106 cm³/mol. The minimum Gasteiger partial charge on any atom is -0.497 e. The van der Waals surface area contributed by atoms with Crippen LogP contribution in [0.4, 0.5) is 5.69 Å². The van der Waals surface area contributed by atoms with Crippen LogP contribution in [-0.4, -0.2) is 68.7 Å². The lowest BCUT2D eigenvalue weighted by atomic mass is 10.2. The number of hydrogen-bond acceptors (Lipinski definition) is 4. The van der Waals surface area contributed by atoms with Gasteiger partial charge in [0, 0.05) is 49.7 Å². The van der Waals surface area contributed by atoms with E-state index in [1.54, 1.807) is 7.11 Å². The highest BCUT2D eigenvalue weighted by Gasteiger charge is 2.20. The topological polar surface area (TPSA) is 40.1 Å². The molecule has 1 heterocycles. The molecule has 0 aromatic heterocycles. The van der Waals surface area contributed by atoms with E-state index in [-0.39, 0.29) is 0 Å². The first-order valence-electron chi connectivity index (χ1n) is 8.63. The number of nitrogens with one attached hydrogen (secondary N) is 1. The molecular weight excluding hydrogens is 320 g/mol. The van der Waals surface area contributed by atoms with Gasteiger partial charge in [0.2, 0.25) is 0 Å². The third-order valence-electron chi connectivity index (χ3n) is 4.23. The normalized spacial score (nSPS) is 16.9. The van der Waals surface area contributed by atoms with E-state index in [4.69, 9.17) is 9.73 Å². The lowest BCUT2D eigenvalue weighted by Crippen LogP contribution is -2.52. The molecular formula is C18H30N4OS. The van der Waals surface area contributed by atoms with Gasteiger partial charge in [0.1, 0.15) is 5.75 Å². The summed E-state index contributed by atoms with van der Waals surface area (Å²) < 4.78 is 5.33. The van der Waals surface area contributed by atoms with E-state index in [2.05, 4.69) is 53.4 Å². The molecule has 1 atom stereocenters. The molecule has 0 saturated carbocycles. The lowest BCUT2D eigenvalue weighted by molar-refractivity contribution is 0.372. The Hall–Kier alpha value is -1.56. The highest BCUT2D eigenvalue weighted by molar-refractivity contribution is 7.99. The Kier molecular flexibility index (Phi) is 7.56. The number of benzene rings is 1. The van der Waals surface area contributed by atoms with Crippen LogP contribution in [0.5, 0.6) is 5.75 Å². The van der Waals surface area contributed by atoms with Crippen LogP contribution in [0.2, 0.25) is 0 Å². The van der Waals surface area contributed by atoms with E-state index in [0.29, 0.717) is 5.25 Å².